The molecule has 6 nitrogen and oxygen atoms in total. The number of likely N-dealkylation sites (N-methyl/N-ethyl adjacent to an activating group) is 1. The van der Waals surface area contributed by atoms with E-state index >= 15 is 0 Å². The highest BCUT2D eigenvalue weighted by atomic mass is 16.5. The molecule has 1 heterocycles. The fraction of sp³-hybridized carbons (Fsp3) is 0.292. The van der Waals surface area contributed by atoms with Crippen LogP contribution in [0, 0.1) is 0 Å². The molecule has 0 aromatic heterocycles. The highest BCUT2D eigenvalue weighted by Gasteiger charge is 2.25. The third kappa shape index (κ3) is 4.56. The molecule has 2 N–H and O–H groups in total. The Morgan fingerprint density at radius 2 is 1.93 bits per heavy atom. The minimum absolute atomic E-state index is 0.0919. The Kier molecular flexibility index (Phi) is 6.92. The summed E-state index contributed by atoms with van der Waals surface area (Å²) in [7, 11) is 5.05. The highest BCUT2D eigenvalue weighted by molar-refractivity contribution is 6.11. The van der Waals surface area contributed by atoms with E-state index in [2.05, 4.69) is 4.90 Å². The molecule has 1 aliphatic heterocycles. The van der Waals surface area contributed by atoms with E-state index in [1.807, 2.05) is 37.4 Å². The molecule has 0 atom stereocenters. The topological polar surface area (TPSA) is 79.2 Å². The van der Waals surface area contributed by atoms with Gasteiger partial charge in [0, 0.05) is 18.7 Å². The second-order valence-electron chi connectivity index (χ2n) is 7.21. The smallest absolute Gasteiger partial charge is 0.193 e. The number of hydrogen-bond donors (Lipinski definition) is 2. The van der Waals surface area contributed by atoms with Gasteiger partial charge in [-0.1, -0.05) is 24.3 Å². The van der Waals surface area contributed by atoms with Gasteiger partial charge in [0.1, 0.15) is 22.8 Å². The lowest BCUT2D eigenvalue weighted by atomic mass is 9.90. The Morgan fingerprint density at radius 1 is 1.20 bits per heavy atom. The number of phenols is 1. The van der Waals surface area contributed by atoms with E-state index in [1.54, 1.807) is 19.3 Å². The molecule has 0 unspecified atom stereocenters. The first-order chi connectivity index (χ1) is 14.5. The maximum atomic E-state index is 13.0. The molecular formula is C24H27NO5. The van der Waals surface area contributed by atoms with E-state index in [-0.39, 0.29) is 29.5 Å². The van der Waals surface area contributed by atoms with Crippen molar-refractivity contribution in [1.82, 2.24) is 4.90 Å². The van der Waals surface area contributed by atoms with Crippen molar-refractivity contribution in [1.29, 1.82) is 0 Å². The van der Waals surface area contributed by atoms with Crippen molar-refractivity contribution >= 4 is 17.4 Å². The van der Waals surface area contributed by atoms with Crippen LogP contribution < -0.4 is 9.47 Å². The lowest BCUT2D eigenvalue weighted by Gasteiger charge is -2.25. The fourth-order valence-electron chi connectivity index (χ4n) is 3.55. The van der Waals surface area contributed by atoms with E-state index in [1.165, 1.54) is 13.2 Å². The predicted octanol–water partition coefficient (Wildman–Crippen LogP) is 3.52. The summed E-state index contributed by atoms with van der Waals surface area (Å²) in [6.07, 6.45) is 5.82. The Morgan fingerprint density at radius 3 is 2.50 bits per heavy atom. The minimum Gasteiger partial charge on any atom is -0.506 e. The average Bonchev–Trinajstić information content (AvgIpc) is 2.77. The quantitative estimate of drug-likeness (QED) is 0.538. The van der Waals surface area contributed by atoms with Crippen LogP contribution in [0.1, 0.15) is 33.5 Å². The molecular weight excluding hydrogens is 382 g/mol. The van der Waals surface area contributed by atoms with Gasteiger partial charge in [-0.05, 0) is 54.4 Å². The molecule has 1 aliphatic rings. The number of aromatic hydroxyl groups is 1. The summed E-state index contributed by atoms with van der Waals surface area (Å²) in [4.78, 5) is 15.1. The number of aliphatic hydroxyl groups excluding tert-OH is 1. The van der Waals surface area contributed by atoms with Crippen LogP contribution >= 0.6 is 0 Å². The van der Waals surface area contributed by atoms with Crippen LogP contribution in [-0.4, -0.2) is 55.3 Å². The Hall–Kier alpha value is -3.09. The Labute approximate surface area is 176 Å². The van der Waals surface area contributed by atoms with Gasteiger partial charge in [0.2, 0.25) is 0 Å². The number of phenolic OH excluding ortho intramolecular Hbond substituents is 1. The number of aliphatic hydroxyl groups is 1. The minimum atomic E-state index is -0.376. The fourth-order valence-corrected chi connectivity index (χ4v) is 3.55. The molecule has 3 rings (SSSR count). The average molecular weight is 409 g/mol. The molecule has 2 aromatic rings. The molecule has 0 saturated heterocycles. The number of methoxy groups -OCH3 is 2. The standard InChI is InChI=1S/C24H27NO5/c1-25-12-10-17(11-13-25)22-18(15-26)14-21(30-3)23(24(22)28)20(27)9-6-16-4-7-19(29-2)8-5-16/h4-10,14,26,28H,11-13,15H2,1-3H3/b9-6+. The molecule has 2 aromatic carbocycles. The number of carbonyl (C=O) groups excluding carboxylic acids is 1. The summed E-state index contributed by atoms with van der Waals surface area (Å²) in [5, 5.41) is 20.9. The summed E-state index contributed by atoms with van der Waals surface area (Å²) in [5.74, 6) is 0.435. The lowest BCUT2D eigenvalue weighted by molar-refractivity contribution is 0.104. The van der Waals surface area contributed by atoms with E-state index in [0.717, 1.165) is 36.4 Å². The zero-order valence-electron chi connectivity index (χ0n) is 17.5. The van der Waals surface area contributed by atoms with E-state index in [4.69, 9.17) is 9.47 Å². The van der Waals surface area contributed by atoms with E-state index in [9.17, 15) is 15.0 Å². The van der Waals surface area contributed by atoms with Gasteiger partial charge in [0.15, 0.2) is 5.78 Å². The molecule has 158 valence electrons. The number of allylic oxidation sites excluding steroid dienone is 1. The van der Waals surface area contributed by atoms with Gasteiger partial charge in [0.05, 0.1) is 20.8 Å². The van der Waals surface area contributed by atoms with Crippen molar-refractivity contribution in [3.63, 3.8) is 0 Å². The molecule has 0 saturated carbocycles. The van der Waals surface area contributed by atoms with Crippen molar-refractivity contribution in [3.8, 4) is 17.2 Å². The number of carbonyl (C=O) groups is 1. The van der Waals surface area contributed by atoms with Crippen molar-refractivity contribution in [2.24, 2.45) is 0 Å². The Balaban J connectivity index is 2.01. The van der Waals surface area contributed by atoms with Crippen LogP contribution in [0.25, 0.3) is 11.6 Å². The Bertz CT molecular complexity index is 976. The first kappa shape index (κ1) is 21.6. The van der Waals surface area contributed by atoms with E-state index in [0.29, 0.717) is 11.1 Å². The zero-order chi connectivity index (χ0) is 21.7. The normalized spacial score (nSPS) is 14.6. The van der Waals surface area contributed by atoms with Crippen LogP contribution in [0.5, 0.6) is 17.2 Å². The maximum Gasteiger partial charge on any atom is 0.193 e. The number of benzene rings is 2. The lowest BCUT2D eigenvalue weighted by Crippen LogP contribution is -2.24. The SMILES string of the molecule is COc1ccc(/C=C/C(=O)c2c(OC)cc(CO)c(C3=CCN(C)CC3)c2O)cc1. The molecule has 6 heteroatoms. The second kappa shape index (κ2) is 9.61. The molecule has 0 aliphatic carbocycles. The van der Waals surface area contributed by atoms with Crippen LogP contribution in [0.2, 0.25) is 0 Å². The third-order valence-corrected chi connectivity index (χ3v) is 5.26. The first-order valence-electron chi connectivity index (χ1n) is 9.76. The van der Waals surface area contributed by atoms with Crippen molar-refractivity contribution in [2.45, 2.75) is 13.0 Å². The maximum absolute atomic E-state index is 13.0. The molecule has 0 spiro atoms. The third-order valence-electron chi connectivity index (χ3n) is 5.26. The van der Waals surface area contributed by atoms with Crippen LogP contribution in [-0.2, 0) is 6.61 Å². The second-order valence-corrected chi connectivity index (χ2v) is 7.21. The monoisotopic (exact) mass is 409 g/mol. The summed E-state index contributed by atoms with van der Waals surface area (Å²) in [6.45, 7) is 1.32. The zero-order valence-corrected chi connectivity index (χ0v) is 17.5. The molecule has 0 bridgehead atoms. The summed E-state index contributed by atoms with van der Waals surface area (Å²) in [5.41, 5.74) is 2.90. The largest absolute Gasteiger partial charge is 0.506 e. The van der Waals surface area contributed by atoms with Crippen molar-refractivity contribution in [3.05, 3.63) is 64.7 Å². The van der Waals surface area contributed by atoms with Gasteiger partial charge >= 0.3 is 0 Å². The molecule has 0 amide bonds. The summed E-state index contributed by atoms with van der Waals surface area (Å²) < 4.78 is 10.5. The first-order valence-corrected chi connectivity index (χ1v) is 9.76. The van der Waals surface area contributed by atoms with Crippen molar-refractivity contribution in [2.75, 3.05) is 34.4 Å². The predicted molar refractivity (Wildman–Crippen MR) is 117 cm³/mol. The van der Waals surface area contributed by atoms with Gasteiger partial charge < -0.3 is 24.6 Å². The van der Waals surface area contributed by atoms with Gasteiger partial charge in [-0.15, -0.1) is 0 Å². The van der Waals surface area contributed by atoms with Gasteiger partial charge in [-0.3, -0.25) is 4.79 Å². The number of hydrogen-bond acceptors (Lipinski definition) is 6. The van der Waals surface area contributed by atoms with E-state index < -0.39 is 0 Å². The number of rotatable bonds is 7. The van der Waals surface area contributed by atoms with Crippen LogP contribution in [0.3, 0.4) is 0 Å². The molecule has 30 heavy (non-hydrogen) atoms. The summed E-state index contributed by atoms with van der Waals surface area (Å²) in [6, 6.07) is 8.92. The highest BCUT2D eigenvalue weighted by Crippen LogP contribution is 2.40. The summed E-state index contributed by atoms with van der Waals surface area (Å²) >= 11 is 0. The number of ketones is 1. The number of ether oxygens (including phenoxy) is 2. The number of nitrogens with zero attached hydrogens (tertiary/aromatic N) is 1. The van der Waals surface area contributed by atoms with Crippen LogP contribution in [0.15, 0.2) is 42.5 Å². The van der Waals surface area contributed by atoms with Gasteiger partial charge in [-0.25, -0.2) is 0 Å². The van der Waals surface area contributed by atoms with Crippen LogP contribution in [0.4, 0.5) is 0 Å². The van der Waals surface area contributed by atoms with Gasteiger partial charge in [-0.2, -0.15) is 0 Å². The van der Waals surface area contributed by atoms with Crippen molar-refractivity contribution < 1.29 is 24.5 Å². The molecule has 0 radical (unpaired) electrons. The van der Waals surface area contributed by atoms with Gasteiger partial charge in [0.25, 0.3) is 0 Å². The molecule has 0 fully saturated rings.